The lowest BCUT2D eigenvalue weighted by atomic mass is 9.82. The Balaban J connectivity index is 0.000000605. The summed E-state index contributed by atoms with van der Waals surface area (Å²) in [6, 6.07) is 0. The van der Waals surface area contributed by atoms with E-state index in [0.29, 0.717) is 5.78 Å². The third-order valence-corrected chi connectivity index (χ3v) is 2.88. The molecule has 0 aromatic rings. The molecule has 2 saturated heterocycles. The number of piperidine rings is 1. The Bertz CT molecular complexity index is 183. The first-order valence-electron chi connectivity index (χ1n) is 3.96. The molecule has 3 heteroatoms. The van der Waals surface area contributed by atoms with Crippen molar-refractivity contribution in [1.29, 1.82) is 0 Å². The van der Waals surface area contributed by atoms with Gasteiger partial charge in [-0.3, -0.25) is 4.79 Å². The van der Waals surface area contributed by atoms with Crippen LogP contribution in [-0.4, -0.2) is 30.3 Å². The molecule has 2 bridgehead atoms. The van der Waals surface area contributed by atoms with Gasteiger partial charge < -0.3 is 4.90 Å². The first-order chi connectivity index (χ1) is 4.71. The van der Waals surface area contributed by atoms with E-state index in [0.717, 1.165) is 32.5 Å². The molecule has 2 atom stereocenters. The minimum atomic E-state index is 0. The van der Waals surface area contributed by atoms with Crippen LogP contribution in [0.25, 0.3) is 0 Å². The van der Waals surface area contributed by atoms with Crippen LogP contribution in [0, 0.1) is 5.41 Å². The molecule has 0 amide bonds. The van der Waals surface area contributed by atoms with E-state index in [9.17, 15) is 4.79 Å². The Morgan fingerprint density at radius 2 is 2.18 bits per heavy atom. The third kappa shape index (κ3) is 1.30. The Labute approximate surface area is 73.4 Å². The molecule has 0 N–H and O–H groups in total. The molecular formula is C8H14ClNO. The molecule has 0 aromatic carbocycles. The van der Waals surface area contributed by atoms with Crippen LogP contribution in [0.2, 0.25) is 0 Å². The molecule has 11 heavy (non-hydrogen) atoms. The number of hydrogen-bond acceptors (Lipinski definition) is 2. The van der Waals surface area contributed by atoms with Gasteiger partial charge in [0.05, 0.1) is 0 Å². The summed E-state index contributed by atoms with van der Waals surface area (Å²) >= 11 is 0. The van der Waals surface area contributed by atoms with Gasteiger partial charge in [0.2, 0.25) is 0 Å². The number of fused-ring (bicyclic) bond motifs is 2. The van der Waals surface area contributed by atoms with Crippen molar-refractivity contribution in [2.75, 3.05) is 19.6 Å². The van der Waals surface area contributed by atoms with E-state index in [1.54, 1.807) is 0 Å². The molecule has 0 radical (unpaired) electrons. The molecule has 2 heterocycles. The van der Waals surface area contributed by atoms with Crippen molar-refractivity contribution < 1.29 is 4.79 Å². The quantitative estimate of drug-likeness (QED) is 0.550. The molecule has 2 unspecified atom stereocenters. The molecule has 2 rings (SSSR count). The highest BCUT2D eigenvalue weighted by atomic mass is 35.5. The van der Waals surface area contributed by atoms with Crippen molar-refractivity contribution in [3.05, 3.63) is 0 Å². The second-order valence-electron chi connectivity index (χ2n) is 3.76. The number of ketones is 1. The molecule has 0 spiro atoms. The van der Waals surface area contributed by atoms with Gasteiger partial charge in [-0.25, -0.2) is 0 Å². The molecule has 0 aliphatic carbocycles. The highest BCUT2D eigenvalue weighted by molar-refractivity contribution is 5.86. The number of hydrogen-bond donors (Lipinski definition) is 0. The number of carbonyl (C=O) groups is 1. The second kappa shape index (κ2) is 2.76. The molecule has 64 valence electrons. The Kier molecular flexibility index (Phi) is 2.26. The summed E-state index contributed by atoms with van der Waals surface area (Å²) in [7, 11) is 0. The SMILES string of the molecule is CC12CCN(CCC1=O)C2.Cl. The summed E-state index contributed by atoms with van der Waals surface area (Å²) in [5.41, 5.74) is 0.0399. The van der Waals surface area contributed by atoms with Gasteiger partial charge in [0.15, 0.2) is 0 Å². The van der Waals surface area contributed by atoms with Crippen LogP contribution < -0.4 is 0 Å². The van der Waals surface area contributed by atoms with Crippen LogP contribution in [0.3, 0.4) is 0 Å². The van der Waals surface area contributed by atoms with Crippen molar-refractivity contribution in [3.63, 3.8) is 0 Å². The van der Waals surface area contributed by atoms with Crippen LogP contribution in [0.1, 0.15) is 19.8 Å². The molecular weight excluding hydrogens is 162 g/mol. The average Bonchev–Trinajstić information content (AvgIpc) is 2.22. The van der Waals surface area contributed by atoms with Gasteiger partial charge in [-0.05, 0) is 13.0 Å². The van der Waals surface area contributed by atoms with Crippen LogP contribution in [0.5, 0.6) is 0 Å². The van der Waals surface area contributed by atoms with Crippen molar-refractivity contribution in [2.45, 2.75) is 19.8 Å². The highest BCUT2D eigenvalue weighted by Gasteiger charge is 2.42. The summed E-state index contributed by atoms with van der Waals surface area (Å²) < 4.78 is 0. The van der Waals surface area contributed by atoms with Gasteiger partial charge in [-0.1, -0.05) is 6.92 Å². The van der Waals surface area contributed by atoms with Crippen molar-refractivity contribution in [2.24, 2.45) is 5.41 Å². The Hall–Kier alpha value is -0.0800. The molecule has 2 nitrogen and oxygen atoms in total. The minimum Gasteiger partial charge on any atom is -0.302 e. The molecule has 0 saturated carbocycles. The van der Waals surface area contributed by atoms with E-state index in [1.165, 1.54) is 0 Å². The number of carbonyl (C=O) groups excluding carboxylic acids is 1. The zero-order valence-corrected chi connectivity index (χ0v) is 7.62. The zero-order valence-electron chi connectivity index (χ0n) is 6.80. The summed E-state index contributed by atoms with van der Waals surface area (Å²) in [5, 5.41) is 0. The summed E-state index contributed by atoms with van der Waals surface area (Å²) in [5.74, 6) is 0.487. The van der Waals surface area contributed by atoms with Crippen LogP contribution in [0.4, 0.5) is 0 Å². The van der Waals surface area contributed by atoms with Gasteiger partial charge in [-0.15, -0.1) is 12.4 Å². The van der Waals surface area contributed by atoms with Gasteiger partial charge in [0, 0.05) is 24.9 Å². The zero-order chi connectivity index (χ0) is 7.19. The molecule has 2 aliphatic heterocycles. The van der Waals surface area contributed by atoms with Crippen molar-refractivity contribution in [3.8, 4) is 0 Å². The van der Waals surface area contributed by atoms with E-state index < -0.39 is 0 Å². The fraction of sp³-hybridized carbons (Fsp3) is 0.875. The van der Waals surface area contributed by atoms with Gasteiger partial charge in [0.1, 0.15) is 5.78 Å². The molecule has 2 aliphatic rings. The van der Waals surface area contributed by atoms with Gasteiger partial charge in [-0.2, -0.15) is 0 Å². The standard InChI is InChI=1S/C8H13NO.ClH/c1-8-3-5-9(6-8)4-2-7(8)10;/h2-6H2,1H3;1H. The first kappa shape index (κ1) is 9.01. The number of halogens is 1. The number of nitrogens with zero attached hydrogens (tertiary/aromatic N) is 1. The first-order valence-corrected chi connectivity index (χ1v) is 3.96. The van der Waals surface area contributed by atoms with Crippen LogP contribution in [0.15, 0.2) is 0 Å². The Morgan fingerprint density at radius 1 is 1.45 bits per heavy atom. The topological polar surface area (TPSA) is 20.3 Å². The smallest absolute Gasteiger partial charge is 0.141 e. The fourth-order valence-corrected chi connectivity index (χ4v) is 2.04. The van der Waals surface area contributed by atoms with Crippen LogP contribution in [-0.2, 0) is 4.79 Å². The molecule has 0 aromatic heterocycles. The normalized spacial score (nSPS) is 41.9. The van der Waals surface area contributed by atoms with Crippen molar-refractivity contribution >= 4 is 18.2 Å². The van der Waals surface area contributed by atoms with Gasteiger partial charge >= 0.3 is 0 Å². The lowest BCUT2D eigenvalue weighted by Crippen LogP contribution is -2.39. The maximum Gasteiger partial charge on any atom is 0.141 e. The lowest BCUT2D eigenvalue weighted by Gasteiger charge is -2.28. The van der Waals surface area contributed by atoms with E-state index in [4.69, 9.17) is 0 Å². The maximum atomic E-state index is 11.3. The van der Waals surface area contributed by atoms with Gasteiger partial charge in [0.25, 0.3) is 0 Å². The van der Waals surface area contributed by atoms with E-state index in [1.807, 2.05) is 0 Å². The predicted molar refractivity (Wildman–Crippen MR) is 46.0 cm³/mol. The largest absolute Gasteiger partial charge is 0.302 e. The average molecular weight is 176 g/mol. The monoisotopic (exact) mass is 175 g/mol. The second-order valence-corrected chi connectivity index (χ2v) is 3.76. The summed E-state index contributed by atoms with van der Waals surface area (Å²) in [6.45, 7) is 5.27. The molecule has 2 fully saturated rings. The van der Waals surface area contributed by atoms with E-state index >= 15 is 0 Å². The fourth-order valence-electron chi connectivity index (χ4n) is 2.04. The number of rotatable bonds is 0. The van der Waals surface area contributed by atoms with E-state index in [-0.39, 0.29) is 17.8 Å². The Morgan fingerprint density at radius 3 is 2.82 bits per heavy atom. The highest BCUT2D eigenvalue weighted by Crippen LogP contribution is 2.35. The summed E-state index contributed by atoms with van der Waals surface area (Å²) in [4.78, 5) is 13.7. The maximum absolute atomic E-state index is 11.3. The van der Waals surface area contributed by atoms with Crippen LogP contribution >= 0.6 is 12.4 Å². The third-order valence-electron chi connectivity index (χ3n) is 2.88. The van der Waals surface area contributed by atoms with Crippen molar-refractivity contribution in [1.82, 2.24) is 4.90 Å². The van der Waals surface area contributed by atoms with E-state index in [2.05, 4.69) is 11.8 Å². The predicted octanol–water partition coefficient (Wildman–Crippen LogP) is 1.09. The number of Topliss-reactive ketones (excluding diaryl/α,β-unsaturated/α-hetero) is 1. The minimum absolute atomic E-state index is 0. The lowest BCUT2D eigenvalue weighted by molar-refractivity contribution is -0.129. The summed E-state index contributed by atoms with van der Waals surface area (Å²) in [6.07, 6.45) is 1.88.